The van der Waals surface area contributed by atoms with Gasteiger partial charge < -0.3 is 9.84 Å². The summed E-state index contributed by atoms with van der Waals surface area (Å²) < 4.78 is 5.75. The predicted molar refractivity (Wildman–Crippen MR) is 68.8 cm³/mol. The van der Waals surface area contributed by atoms with Crippen molar-refractivity contribution in [3.8, 4) is 0 Å². The van der Waals surface area contributed by atoms with Crippen LogP contribution in [0.1, 0.15) is 18.6 Å². The van der Waals surface area contributed by atoms with Gasteiger partial charge in [-0.05, 0) is 24.6 Å². The van der Waals surface area contributed by atoms with Crippen LogP contribution in [-0.4, -0.2) is 41.7 Å². The Balaban J connectivity index is 2.09. The fourth-order valence-electron chi connectivity index (χ4n) is 2.11. The number of carbonyl (C=O) groups is 1. The minimum atomic E-state index is -0.811. The summed E-state index contributed by atoms with van der Waals surface area (Å²) in [6, 6.07) is 7.62. The number of hydrogen-bond acceptors (Lipinski definition) is 3. The highest BCUT2D eigenvalue weighted by Gasteiger charge is 2.28. The zero-order valence-electron chi connectivity index (χ0n) is 10.2. The first-order valence-electron chi connectivity index (χ1n) is 5.89. The Morgan fingerprint density at radius 3 is 3.06 bits per heavy atom. The van der Waals surface area contributed by atoms with Crippen LogP contribution in [0.5, 0.6) is 0 Å². The topological polar surface area (TPSA) is 49.8 Å². The highest BCUT2D eigenvalue weighted by Crippen LogP contribution is 2.26. The molecule has 1 aliphatic rings. The molecule has 98 valence electrons. The summed E-state index contributed by atoms with van der Waals surface area (Å²) in [7, 11) is 0. The van der Waals surface area contributed by atoms with Gasteiger partial charge in [-0.15, -0.1) is 0 Å². The molecule has 0 aromatic heterocycles. The van der Waals surface area contributed by atoms with Gasteiger partial charge in [-0.1, -0.05) is 23.7 Å². The van der Waals surface area contributed by atoms with E-state index in [1.165, 1.54) is 0 Å². The number of halogens is 1. The van der Waals surface area contributed by atoms with Crippen molar-refractivity contribution in [2.75, 3.05) is 19.7 Å². The van der Waals surface area contributed by atoms with E-state index in [0.717, 1.165) is 5.56 Å². The molecule has 1 fully saturated rings. The van der Waals surface area contributed by atoms with Crippen molar-refractivity contribution < 1.29 is 14.6 Å². The quantitative estimate of drug-likeness (QED) is 0.914. The Labute approximate surface area is 111 Å². The maximum atomic E-state index is 10.8. The number of ether oxygens (including phenoxy) is 1. The fourth-order valence-corrected chi connectivity index (χ4v) is 2.31. The second kappa shape index (κ2) is 5.69. The molecule has 1 N–H and O–H groups in total. The molecular weight excluding hydrogens is 254 g/mol. The van der Waals surface area contributed by atoms with Gasteiger partial charge in [0.25, 0.3) is 0 Å². The minimum absolute atomic E-state index is 0.0432. The van der Waals surface area contributed by atoms with Gasteiger partial charge in [-0.3, -0.25) is 9.69 Å². The molecular formula is C13H16ClNO3. The van der Waals surface area contributed by atoms with Crippen molar-refractivity contribution in [1.82, 2.24) is 4.90 Å². The summed E-state index contributed by atoms with van der Waals surface area (Å²) in [6.45, 7) is 3.12. The first-order chi connectivity index (χ1) is 8.56. The van der Waals surface area contributed by atoms with Crippen molar-refractivity contribution >= 4 is 17.6 Å². The number of carboxylic acids is 1. The smallest absolute Gasteiger partial charge is 0.317 e. The average molecular weight is 270 g/mol. The molecule has 0 spiro atoms. The number of benzene rings is 1. The molecule has 4 nitrogen and oxygen atoms in total. The molecule has 18 heavy (non-hydrogen) atoms. The van der Waals surface area contributed by atoms with Crippen LogP contribution in [0, 0.1) is 0 Å². The van der Waals surface area contributed by atoms with Crippen LogP contribution in [-0.2, 0) is 9.53 Å². The van der Waals surface area contributed by atoms with Crippen molar-refractivity contribution in [2.45, 2.75) is 19.1 Å². The van der Waals surface area contributed by atoms with Gasteiger partial charge in [0, 0.05) is 17.6 Å². The maximum absolute atomic E-state index is 10.8. The standard InChI is InChI=1S/C13H16ClNO3/c1-9-8-18-12(6-15(9)7-13(16)17)10-3-2-4-11(14)5-10/h2-5,9,12H,6-8H2,1H3,(H,16,17). The van der Waals surface area contributed by atoms with E-state index < -0.39 is 5.97 Å². The number of aliphatic carboxylic acids is 1. The molecule has 1 heterocycles. The number of carboxylic acid groups (broad SMARTS) is 1. The van der Waals surface area contributed by atoms with E-state index in [2.05, 4.69) is 0 Å². The van der Waals surface area contributed by atoms with E-state index in [1.807, 2.05) is 36.1 Å². The molecule has 2 rings (SSSR count). The molecule has 1 aliphatic heterocycles. The minimum Gasteiger partial charge on any atom is -0.480 e. The average Bonchev–Trinajstić information content (AvgIpc) is 2.31. The second-order valence-corrected chi connectivity index (χ2v) is 4.99. The number of morpholine rings is 1. The summed E-state index contributed by atoms with van der Waals surface area (Å²) in [5.41, 5.74) is 0.991. The molecule has 5 heteroatoms. The lowest BCUT2D eigenvalue weighted by atomic mass is 10.1. The zero-order chi connectivity index (χ0) is 13.1. The lowest BCUT2D eigenvalue weighted by Crippen LogP contribution is -2.47. The van der Waals surface area contributed by atoms with Crippen LogP contribution in [0.2, 0.25) is 5.02 Å². The van der Waals surface area contributed by atoms with E-state index in [-0.39, 0.29) is 18.7 Å². The van der Waals surface area contributed by atoms with E-state index in [1.54, 1.807) is 0 Å². The fraction of sp³-hybridized carbons (Fsp3) is 0.462. The first kappa shape index (κ1) is 13.3. The van der Waals surface area contributed by atoms with Gasteiger partial charge in [0.15, 0.2) is 0 Å². The lowest BCUT2D eigenvalue weighted by molar-refractivity contribution is -0.142. The SMILES string of the molecule is CC1COC(c2cccc(Cl)c2)CN1CC(=O)O. The monoisotopic (exact) mass is 269 g/mol. The summed E-state index contributed by atoms with van der Waals surface area (Å²) >= 11 is 5.95. The van der Waals surface area contributed by atoms with Crippen LogP contribution >= 0.6 is 11.6 Å². The Morgan fingerprint density at radius 1 is 1.61 bits per heavy atom. The lowest BCUT2D eigenvalue weighted by Gasteiger charge is -2.37. The van der Waals surface area contributed by atoms with Gasteiger partial charge in [-0.25, -0.2) is 0 Å². The van der Waals surface area contributed by atoms with Crippen LogP contribution in [0.4, 0.5) is 0 Å². The van der Waals surface area contributed by atoms with Gasteiger partial charge in [-0.2, -0.15) is 0 Å². The maximum Gasteiger partial charge on any atom is 0.317 e. The highest BCUT2D eigenvalue weighted by atomic mass is 35.5. The normalized spacial score (nSPS) is 25.0. The third-order valence-corrected chi connectivity index (χ3v) is 3.36. The van der Waals surface area contributed by atoms with Crippen LogP contribution in [0.3, 0.4) is 0 Å². The molecule has 1 aromatic rings. The molecule has 1 aromatic carbocycles. The zero-order valence-corrected chi connectivity index (χ0v) is 10.9. The third kappa shape index (κ3) is 3.22. The molecule has 0 aliphatic carbocycles. The largest absolute Gasteiger partial charge is 0.480 e. The Hall–Kier alpha value is -1.10. The molecule has 0 radical (unpaired) electrons. The first-order valence-corrected chi connectivity index (χ1v) is 6.27. The van der Waals surface area contributed by atoms with Gasteiger partial charge in [0.1, 0.15) is 0 Å². The van der Waals surface area contributed by atoms with Crippen LogP contribution in [0.25, 0.3) is 0 Å². The number of rotatable bonds is 3. The van der Waals surface area contributed by atoms with Crippen molar-refractivity contribution in [1.29, 1.82) is 0 Å². The summed E-state index contributed by atoms with van der Waals surface area (Å²) in [4.78, 5) is 12.7. The number of nitrogens with zero attached hydrogens (tertiary/aromatic N) is 1. The van der Waals surface area contributed by atoms with Gasteiger partial charge in [0.05, 0.1) is 19.3 Å². The van der Waals surface area contributed by atoms with E-state index >= 15 is 0 Å². The van der Waals surface area contributed by atoms with Crippen molar-refractivity contribution in [2.24, 2.45) is 0 Å². The Kier molecular flexibility index (Phi) is 4.22. The Bertz CT molecular complexity index is 438. The Morgan fingerprint density at radius 2 is 2.39 bits per heavy atom. The summed E-state index contributed by atoms with van der Waals surface area (Å²) in [5.74, 6) is -0.811. The predicted octanol–water partition coefficient (Wildman–Crippen LogP) is 2.19. The van der Waals surface area contributed by atoms with Crippen molar-refractivity contribution in [3.63, 3.8) is 0 Å². The second-order valence-electron chi connectivity index (χ2n) is 4.55. The molecule has 2 atom stereocenters. The van der Waals surface area contributed by atoms with Crippen LogP contribution in [0.15, 0.2) is 24.3 Å². The van der Waals surface area contributed by atoms with Crippen molar-refractivity contribution in [3.05, 3.63) is 34.9 Å². The summed E-state index contributed by atoms with van der Waals surface area (Å²) in [5, 5.41) is 9.55. The van der Waals surface area contributed by atoms with E-state index in [4.69, 9.17) is 21.4 Å². The van der Waals surface area contributed by atoms with E-state index in [0.29, 0.717) is 18.2 Å². The molecule has 0 amide bonds. The number of hydrogen-bond donors (Lipinski definition) is 1. The molecule has 1 saturated heterocycles. The van der Waals surface area contributed by atoms with Gasteiger partial charge >= 0.3 is 5.97 Å². The molecule has 0 bridgehead atoms. The van der Waals surface area contributed by atoms with E-state index in [9.17, 15) is 4.79 Å². The molecule has 2 unspecified atom stereocenters. The summed E-state index contributed by atoms with van der Waals surface area (Å²) in [6.07, 6.45) is -0.112. The van der Waals surface area contributed by atoms with Gasteiger partial charge in [0.2, 0.25) is 0 Å². The third-order valence-electron chi connectivity index (χ3n) is 3.12. The van der Waals surface area contributed by atoms with Crippen LogP contribution < -0.4 is 0 Å². The highest BCUT2D eigenvalue weighted by molar-refractivity contribution is 6.30. The molecule has 0 saturated carbocycles.